The van der Waals surface area contributed by atoms with Gasteiger partial charge < -0.3 is 42.1 Å². The Morgan fingerprint density at radius 2 is 1.40 bits per heavy atom. The Labute approximate surface area is 173 Å². The van der Waals surface area contributed by atoms with E-state index in [1.165, 1.54) is 0 Å². The van der Waals surface area contributed by atoms with E-state index in [0.29, 0.717) is 0 Å². The van der Waals surface area contributed by atoms with Crippen molar-refractivity contribution >= 4 is 29.7 Å². The Balaban J connectivity index is 5.13. The van der Waals surface area contributed by atoms with E-state index in [1.807, 2.05) is 5.32 Å². The average Bonchev–Trinajstić information content (AvgIpc) is 2.64. The van der Waals surface area contributed by atoms with E-state index in [1.54, 1.807) is 13.8 Å². The van der Waals surface area contributed by atoms with Crippen molar-refractivity contribution in [3.8, 4) is 0 Å². The zero-order valence-corrected chi connectivity index (χ0v) is 17.0. The van der Waals surface area contributed by atoms with Gasteiger partial charge in [0.2, 0.25) is 17.7 Å². The predicted octanol–water partition coefficient (Wildman–Crippen LogP) is -3.25. The molecule has 0 aromatic carbocycles. The lowest BCUT2D eigenvalue weighted by Gasteiger charge is -2.26. The number of carbonyl (C=O) groups is 5. The summed E-state index contributed by atoms with van der Waals surface area (Å²) in [5.41, 5.74) is 5.61. The molecule has 0 fully saturated rings. The van der Waals surface area contributed by atoms with Crippen LogP contribution in [0.15, 0.2) is 0 Å². The smallest absolute Gasteiger partial charge is 0.328 e. The summed E-state index contributed by atoms with van der Waals surface area (Å²) in [6.07, 6.45) is -1.92. The van der Waals surface area contributed by atoms with Crippen LogP contribution in [0.5, 0.6) is 0 Å². The van der Waals surface area contributed by atoms with E-state index in [-0.39, 0.29) is 12.8 Å². The van der Waals surface area contributed by atoms with Gasteiger partial charge in [-0.15, -0.1) is 0 Å². The third-order valence-electron chi connectivity index (χ3n) is 4.11. The minimum absolute atomic E-state index is 0.148. The Morgan fingerprint density at radius 3 is 1.80 bits per heavy atom. The summed E-state index contributed by atoms with van der Waals surface area (Å²) in [5, 5.41) is 43.0. The highest BCUT2D eigenvalue weighted by molar-refractivity contribution is 5.94. The van der Waals surface area contributed by atoms with Crippen molar-refractivity contribution in [2.45, 2.75) is 63.9 Å². The molecule has 0 aliphatic carbocycles. The molecule has 0 aromatic heterocycles. The first kappa shape index (κ1) is 27.2. The molecule has 30 heavy (non-hydrogen) atoms. The van der Waals surface area contributed by atoms with Gasteiger partial charge in [0.05, 0.1) is 18.8 Å². The largest absolute Gasteiger partial charge is 0.481 e. The quantitative estimate of drug-likeness (QED) is 0.144. The maximum atomic E-state index is 12.5. The van der Waals surface area contributed by atoms with Crippen LogP contribution in [0.25, 0.3) is 0 Å². The van der Waals surface area contributed by atoms with E-state index in [2.05, 4.69) is 10.6 Å². The van der Waals surface area contributed by atoms with Crippen LogP contribution < -0.4 is 21.7 Å². The average molecular weight is 434 g/mol. The molecular weight excluding hydrogens is 404 g/mol. The number of amides is 3. The molecule has 0 aliphatic heterocycles. The minimum atomic E-state index is -1.66. The maximum Gasteiger partial charge on any atom is 0.328 e. The van der Waals surface area contributed by atoms with Gasteiger partial charge >= 0.3 is 11.9 Å². The Bertz CT molecular complexity index is 639. The van der Waals surface area contributed by atoms with Gasteiger partial charge in [0.1, 0.15) is 12.1 Å². The standard InChI is InChI=1S/C17H30N4O9/c1-7(2)12(20-14(26)9(18)4-5-11(24)25)16(28)19-10(6-22)15(27)21-13(8(3)23)17(29)30/h7-10,12-13,22-23H,4-6,18H2,1-3H3,(H,19,28)(H,20,26)(H,21,27)(H,24,25)(H,29,30). The van der Waals surface area contributed by atoms with Crippen molar-refractivity contribution in [2.24, 2.45) is 11.7 Å². The summed E-state index contributed by atoms with van der Waals surface area (Å²) in [6.45, 7) is 3.45. The number of aliphatic hydroxyl groups is 2. The van der Waals surface area contributed by atoms with Crippen molar-refractivity contribution in [3.05, 3.63) is 0 Å². The molecule has 0 bridgehead atoms. The topological polar surface area (TPSA) is 228 Å². The van der Waals surface area contributed by atoms with Gasteiger partial charge in [-0.1, -0.05) is 13.8 Å². The number of aliphatic carboxylic acids is 2. The molecule has 0 heterocycles. The van der Waals surface area contributed by atoms with Crippen LogP contribution >= 0.6 is 0 Å². The van der Waals surface area contributed by atoms with Crippen LogP contribution in [0.3, 0.4) is 0 Å². The van der Waals surface area contributed by atoms with Gasteiger partial charge in [-0.05, 0) is 19.3 Å². The first-order valence-electron chi connectivity index (χ1n) is 9.22. The van der Waals surface area contributed by atoms with E-state index in [9.17, 15) is 34.2 Å². The number of hydrogen-bond donors (Lipinski definition) is 8. The summed E-state index contributed by atoms with van der Waals surface area (Å²) in [5.74, 6) is -5.77. The van der Waals surface area contributed by atoms with Gasteiger partial charge in [0.15, 0.2) is 6.04 Å². The Kier molecular flexibility index (Phi) is 11.5. The van der Waals surface area contributed by atoms with Crippen LogP contribution in [-0.2, 0) is 24.0 Å². The number of carboxylic acid groups (broad SMARTS) is 2. The molecule has 5 unspecified atom stereocenters. The lowest BCUT2D eigenvalue weighted by molar-refractivity contribution is -0.145. The molecule has 13 heteroatoms. The number of rotatable bonds is 13. The minimum Gasteiger partial charge on any atom is -0.481 e. The fourth-order valence-electron chi connectivity index (χ4n) is 2.30. The van der Waals surface area contributed by atoms with Crippen molar-refractivity contribution in [2.75, 3.05) is 6.61 Å². The highest BCUT2D eigenvalue weighted by Gasteiger charge is 2.32. The molecule has 0 spiro atoms. The molecule has 0 radical (unpaired) electrons. The molecule has 13 nitrogen and oxygen atoms in total. The normalized spacial score (nSPS) is 16.0. The van der Waals surface area contributed by atoms with Gasteiger partial charge in [0, 0.05) is 6.42 Å². The Morgan fingerprint density at radius 1 is 0.867 bits per heavy atom. The fourth-order valence-corrected chi connectivity index (χ4v) is 2.30. The maximum absolute atomic E-state index is 12.5. The van der Waals surface area contributed by atoms with Crippen LogP contribution in [0.1, 0.15) is 33.6 Å². The number of carboxylic acids is 2. The van der Waals surface area contributed by atoms with Crippen molar-refractivity contribution in [3.63, 3.8) is 0 Å². The summed E-state index contributed by atoms with van der Waals surface area (Å²) in [7, 11) is 0. The zero-order valence-electron chi connectivity index (χ0n) is 17.0. The van der Waals surface area contributed by atoms with E-state index in [0.717, 1.165) is 6.92 Å². The number of hydrogen-bond acceptors (Lipinski definition) is 8. The summed E-state index contributed by atoms with van der Waals surface area (Å²) < 4.78 is 0. The molecule has 5 atom stereocenters. The summed E-state index contributed by atoms with van der Waals surface area (Å²) >= 11 is 0. The van der Waals surface area contributed by atoms with Gasteiger partial charge in [-0.2, -0.15) is 0 Å². The van der Waals surface area contributed by atoms with E-state index in [4.69, 9.17) is 15.9 Å². The monoisotopic (exact) mass is 434 g/mol. The molecular formula is C17H30N4O9. The van der Waals surface area contributed by atoms with Gasteiger partial charge in [-0.25, -0.2) is 4.79 Å². The molecule has 0 saturated heterocycles. The SMILES string of the molecule is CC(C)C(NC(=O)C(N)CCC(=O)O)C(=O)NC(CO)C(=O)NC(C(=O)O)C(C)O. The highest BCUT2D eigenvalue weighted by atomic mass is 16.4. The molecule has 9 N–H and O–H groups in total. The van der Waals surface area contributed by atoms with Crippen LogP contribution in [0.2, 0.25) is 0 Å². The second-order valence-electron chi connectivity index (χ2n) is 7.08. The molecule has 0 aliphatic rings. The summed E-state index contributed by atoms with van der Waals surface area (Å²) in [4.78, 5) is 58.5. The second kappa shape index (κ2) is 12.7. The third-order valence-corrected chi connectivity index (χ3v) is 4.11. The molecule has 172 valence electrons. The molecule has 0 aromatic rings. The van der Waals surface area contributed by atoms with E-state index < -0.39 is 72.5 Å². The van der Waals surface area contributed by atoms with Crippen LogP contribution in [0.4, 0.5) is 0 Å². The molecule has 0 saturated carbocycles. The van der Waals surface area contributed by atoms with E-state index >= 15 is 0 Å². The first-order chi connectivity index (χ1) is 13.8. The molecule has 3 amide bonds. The lowest BCUT2D eigenvalue weighted by atomic mass is 10.0. The highest BCUT2D eigenvalue weighted by Crippen LogP contribution is 2.05. The predicted molar refractivity (Wildman–Crippen MR) is 102 cm³/mol. The Hall–Kier alpha value is -2.77. The van der Waals surface area contributed by atoms with Crippen LogP contribution in [0, 0.1) is 5.92 Å². The number of nitrogens with one attached hydrogen (secondary N) is 3. The van der Waals surface area contributed by atoms with Crippen molar-refractivity contribution in [1.82, 2.24) is 16.0 Å². The zero-order chi connectivity index (χ0) is 23.6. The van der Waals surface area contributed by atoms with Crippen molar-refractivity contribution < 1.29 is 44.4 Å². The summed E-state index contributed by atoms with van der Waals surface area (Å²) in [6, 6.07) is -5.54. The fraction of sp³-hybridized carbons (Fsp3) is 0.706. The van der Waals surface area contributed by atoms with Crippen LogP contribution in [-0.4, -0.2) is 87.0 Å². The number of aliphatic hydroxyl groups excluding tert-OH is 2. The van der Waals surface area contributed by atoms with Gasteiger partial charge in [0.25, 0.3) is 0 Å². The van der Waals surface area contributed by atoms with Gasteiger partial charge in [-0.3, -0.25) is 19.2 Å². The third kappa shape index (κ3) is 9.15. The second-order valence-corrected chi connectivity index (χ2v) is 7.08. The number of carbonyl (C=O) groups excluding carboxylic acids is 3. The molecule has 0 rings (SSSR count). The van der Waals surface area contributed by atoms with Crippen molar-refractivity contribution in [1.29, 1.82) is 0 Å². The first-order valence-corrected chi connectivity index (χ1v) is 9.22. The lowest BCUT2D eigenvalue weighted by Crippen LogP contribution is -2.60. The number of nitrogens with two attached hydrogens (primary N) is 1.